The summed E-state index contributed by atoms with van der Waals surface area (Å²) in [5, 5.41) is 0. The number of hydrogen-bond donors (Lipinski definition) is 3. The molecule has 8 heteroatoms. The first-order chi connectivity index (χ1) is 15.4. The monoisotopic (exact) mass is 449 g/mol. The van der Waals surface area contributed by atoms with Crippen LogP contribution in [-0.4, -0.2) is 17.7 Å². The molecule has 1 atom stereocenters. The fourth-order valence-electron chi connectivity index (χ4n) is 3.56. The van der Waals surface area contributed by atoms with Gasteiger partial charge < -0.3 is 10.5 Å². The molecule has 0 radical (unpaired) electrons. The molecule has 0 saturated carbocycles. The lowest BCUT2D eigenvalue weighted by Crippen LogP contribution is -2.41. The molecule has 4 N–H and O–H groups in total. The van der Waals surface area contributed by atoms with Crippen LogP contribution < -0.4 is 21.3 Å². The van der Waals surface area contributed by atoms with Crippen LogP contribution in [0.25, 0.3) is 0 Å². The van der Waals surface area contributed by atoms with Crippen LogP contribution in [0.3, 0.4) is 0 Å². The smallest absolute Gasteiger partial charge is 0.279 e. The molecule has 0 fully saturated rings. The van der Waals surface area contributed by atoms with Crippen LogP contribution in [0.15, 0.2) is 54.6 Å². The Bertz CT molecular complexity index is 1150. The van der Waals surface area contributed by atoms with Crippen molar-refractivity contribution in [2.24, 2.45) is 11.7 Å². The van der Waals surface area contributed by atoms with Gasteiger partial charge in [-0.2, -0.15) is 0 Å². The summed E-state index contributed by atoms with van der Waals surface area (Å²) in [5.74, 6) is 0.445. The number of carbonyl (C=O) groups is 3. The lowest BCUT2D eigenvalue weighted by atomic mass is 9.90. The zero-order valence-corrected chi connectivity index (χ0v) is 18.3. The Balaban J connectivity index is 1.32. The number of aryl methyl sites for hydroxylation is 1. The molecule has 164 valence electrons. The minimum absolute atomic E-state index is 0.315. The lowest BCUT2D eigenvalue weighted by molar-refractivity contribution is 0.0849. The van der Waals surface area contributed by atoms with Gasteiger partial charge in [-0.05, 0) is 85.3 Å². The SMILES string of the molecule is CC1CCc2sc(C(=O)NNC(=O)c3ccc(Oc4ccc(C(N)=O)cc4)cc3)cc2C1. The summed E-state index contributed by atoms with van der Waals surface area (Å²) in [4.78, 5) is 37.8. The van der Waals surface area contributed by atoms with Gasteiger partial charge in [-0.1, -0.05) is 6.92 Å². The lowest BCUT2D eigenvalue weighted by Gasteiger charge is -2.16. The van der Waals surface area contributed by atoms with Crippen molar-refractivity contribution in [3.63, 3.8) is 0 Å². The molecule has 0 bridgehead atoms. The molecule has 3 aromatic rings. The zero-order valence-electron chi connectivity index (χ0n) is 17.5. The van der Waals surface area contributed by atoms with Crippen LogP contribution in [0.5, 0.6) is 11.5 Å². The molecule has 1 aromatic heterocycles. The topological polar surface area (TPSA) is 111 Å². The number of carbonyl (C=O) groups excluding carboxylic acids is 3. The summed E-state index contributed by atoms with van der Waals surface area (Å²) in [7, 11) is 0. The van der Waals surface area contributed by atoms with E-state index in [0.717, 1.165) is 19.3 Å². The van der Waals surface area contributed by atoms with Gasteiger partial charge in [0.05, 0.1) is 4.88 Å². The van der Waals surface area contributed by atoms with Crippen LogP contribution in [0.1, 0.15) is 54.2 Å². The maximum Gasteiger partial charge on any atom is 0.279 e. The Hall–Kier alpha value is -3.65. The molecule has 0 aliphatic heterocycles. The van der Waals surface area contributed by atoms with Crippen molar-refractivity contribution in [2.75, 3.05) is 0 Å². The van der Waals surface area contributed by atoms with E-state index in [1.807, 2.05) is 6.07 Å². The van der Waals surface area contributed by atoms with Gasteiger partial charge in [0.25, 0.3) is 11.8 Å². The normalized spacial score (nSPS) is 14.8. The molecular weight excluding hydrogens is 426 g/mol. The van der Waals surface area contributed by atoms with Gasteiger partial charge in [-0.25, -0.2) is 0 Å². The largest absolute Gasteiger partial charge is 0.457 e. The molecule has 4 rings (SSSR count). The van der Waals surface area contributed by atoms with E-state index in [4.69, 9.17) is 10.5 Å². The first-order valence-electron chi connectivity index (χ1n) is 10.3. The molecule has 32 heavy (non-hydrogen) atoms. The minimum atomic E-state index is -0.507. The highest BCUT2D eigenvalue weighted by Crippen LogP contribution is 2.32. The van der Waals surface area contributed by atoms with Gasteiger partial charge in [-0.15, -0.1) is 11.3 Å². The van der Waals surface area contributed by atoms with Gasteiger partial charge in [0.15, 0.2) is 0 Å². The highest BCUT2D eigenvalue weighted by Gasteiger charge is 2.21. The molecule has 1 aliphatic rings. The van der Waals surface area contributed by atoms with E-state index >= 15 is 0 Å². The summed E-state index contributed by atoms with van der Waals surface area (Å²) in [6.45, 7) is 2.22. The molecule has 1 heterocycles. The Kier molecular flexibility index (Phi) is 6.23. The number of primary amides is 1. The summed E-state index contributed by atoms with van der Waals surface area (Å²) >= 11 is 1.49. The maximum absolute atomic E-state index is 12.4. The van der Waals surface area contributed by atoms with Gasteiger partial charge >= 0.3 is 0 Å². The second kappa shape index (κ2) is 9.23. The number of ether oxygens (including phenoxy) is 1. The van der Waals surface area contributed by atoms with E-state index in [0.29, 0.717) is 33.4 Å². The van der Waals surface area contributed by atoms with Crippen molar-refractivity contribution in [1.29, 1.82) is 0 Å². The Labute approximate surface area is 189 Å². The molecule has 1 unspecified atom stereocenters. The third kappa shape index (κ3) is 4.97. The Morgan fingerprint density at radius 1 is 0.938 bits per heavy atom. The molecule has 0 saturated heterocycles. The van der Waals surface area contributed by atoms with Crippen molar-refractivity contribution in [3.8, 4) is 11.5 Å². The second-order valence-electron chi connectivity index (χ2n) is 7.83. The summed E-state index contributed by atoms with van der Waals surface area (Å²) < 4.78 is 5.70. The summed E-state index contributed by atoms with van der Waals surface area (Å²) in [6.07, 6.45) is 3.14. The number of hydrogen-bond acceptors (Lipinski definition) is 5. The first-order valence-corrected chi connectivity index (χ1v) is 11.1. The number of hydrazine groups is 1. The zero-order chi connectivity index (χ0) is 22.7. The highest BCUT2D eigenvalue weighted by atomic mass is 32.1. The predicted octanol–water partition coefficient (Wildman–Crippen LogP) is 3.84. The van der Waals surface area contributed by atoms with Gasteiger partial charge in [0.2, 0.25) is 5.91 Å². The third-order valence-corrected chi connectivity index (χ3v) is 6.57. The van der Waals surface area contributed by atoms with E-state index in [-0.39, 0.29) is 5.91 Å². The number of fused-ring (bicyclic) bond motifs is 1. The molecule has 2 aromatic carbocycles. The van der Waals surface area contributed by atoms with E-state index in [1.165, 1.54) is 21.8 Å². The van der Waals surface area contributed by atoms with Crippen molar-refractivity contribution in [1.82, 2.24) is 10.9 Å². The number of thiophene rings is 1. The number of nitrogens with one attached hydrogen (secondary N) is 2. The fraction of sp³-hybridized carbons (Fsp3) is 0.208. The third-order valence-electron chi connectivity index (χ3n) is 5.33. The van der Waals surface area contributed by atoms with Gasteiger partial charge in [-0.3, -0.25) is 25.2 Å². The van der Waals surface area contributed by atoms with Crippen LogP contribution >= 0.6 is 11.3 Å². The Morgan fingerprint density at radius 2 is 1.53 bits per heavy atom. The molecule has 3 amide bonds. The number of benzene rings is 2. The van der Waals surface area contributed by atoms with E-state index < -0.39 is 11.8 Å². The summed E-state index contributed by atoms with van der Waals surface area (Å²) in [6, 6.07) is 14.8. The fourth-order valence-corrected chi connectivity index (χ4v) is 4.67. The minimum Gasteiger partial charge on any atom is -0.457 e. The van der Waals surface area contributed by atoms with E-state index in [1.54, 1.807) is 48.5 Å². The molecular formula is C24H23N3O4S. The quantitative estimate of drug-likeness (QED) is 0.514. The second-order valence-corrected chi connectivity index (χ2v) is 8.97. The number of rotatable bonds is 5. The maximum atomic E-state index is 12.4. The summed E-state index contributed by atoms with van der Waals surface area (Å²) in [5.41, 5.74) is 12.2. The first kappa shape index (κ1) is 21.6. The number of amides is 3. The molecule has 0 spiro atoms. The number of nitrogens with two attached hydrogens (primary N) is 1. The van der Waals surface area contributed by atoms with E-state index in [9.17, 15) is 14.4 Å². The van der Waals surface area contributed by atoms with E-state index in [2.05, 4.69) is 17.8 Å². The molecule has 1 aliphatic carbocycles. The Morgan fingerprint density at radius 3 is 2.16 bits per heavy atom. The van der Waals surface area contributed by atoms with Crippen molar-refractivity contribution < 1.29 is 19.1 Å². The van der Waals surface area contributed by atoms with Crippen molar-refractivity contribution in [2.45, 2.75) is 26.2 Å². The average Bonchev–Trinajstić information content (AvgIpc) is 3.21. The standard InChI is InChI=1S/C24H23N3O4S/c1-14-2-11-20-17(12-14)13-21(32-20)24(30)27-26-23(29)16-5-9-19(10-6-16)31-18-7-3-15(4-8-18)22(25)28/h3-10,13-14H,2,11-12H2,1H3,(H2,25,28)(H,26,29)(H,27,30). The van der Waals surface area contributed by atoms with Gasteiger partial charge in [0.1, 0.15) is 11.5 Å². The van der Waals surface area contributed by atoms with Gasteiger partial charge in [0, 0.05) is 16.0 Å². The van der Waals surface area contributed by atoms with Crippen LogP contribution in [-0.2, 0) is 12.8 Å². The van der Waals surface area contributed by atoms with Crippen LogP contribution in [0.2, 0.25) is 0 Å². The highest BCUT2D eigenvalue weighted by molar-refractivity contribution is 7.14. The van der Waals surface area contributed by atoms with Crippen molar-refractivity contribution >= 4 is 29.1 Å². The average molecular weight is 450 g/mol. The van der Waals surface area contributed by atoms with Crippen LogP contribution in [0, 0.1) is 5.92 Å². The molecule has 7 nitrogen and oxygen atoms in total. The van der Waals surface area contributed by atoms with Crippen LogP contribution in [0.4, 0.5) is 0 Å². The van der Waals surface area contributed by atoms with Crippen molar-refractivity contribution in [3.05, 3.63) is 81.0 Å². The predicted molar refractivity (Wildman–Crippen MR) is 122 cm³/mol.